The van der Waals surface area contributed by atoms with Gasteiger partial charge in [0.2, 0.25) is 11.8 Å². The molecule has 0 bridgehead atoms. The molecule has 0 radical (unpaired) electrons. The Hall–Kier alpha value is -3.65. The molecule has 2 amide bonds. The van der Waals surface area contributed by atoms with Crippen molar-refractivity contribution >= 4 is 27.5 Å². The van der Waals surface area contributed by atoms with Gasteiger partial charge in [-0.2, -0.15) is 0 Å². The minimum absolute atomic E-state index is 0.0950. The Labute approximate surface area is 226 Å². The molecule has 0 spiro atoms. The Morgan fingerprint density at radius 2 is 1.42 bits per heavy atom. The van der Waals surface area contributed by atoms with E-state index in [2.05, 4.69) is 5.32 Å². The summed E-state index contributed by atoms with van der Waals surface area (Å²) in [5.41, 5.74) is 3.25. The molecule has 0 aliphatic heterocycles. The van der Waals surface area contributed by atoms with Gasteiger partial charge in [0.25, 0.3) is 10.0 Å². The summed E-state index contributed by atoms with van der Waals surface area (Å²) in [7, 11) is -4.06. The smallest absolute Gasteiger partial charge is 0.264 e. The van der Waals surface area contributed by atoms with E-state index in [1.807, 2.05) is 52.0 Å². The maximum atomic E-state index is 13.9. The monoisotopic (exact) mass is 535 g/mol. The number of benzene rings is 3. The number of para-hydroxylation sites is 1. The lowest BCUT2D eigenvalue weighted by atomic mass is 10.1. The number of amides is 2. The number of nitrogens with one attached hydrogen (secondary N) is 1. The first-order valence-corrected chi connectivity index (χ1v) is 14.4. The average Bonchev–Trinajstić information content (AvgIpc) is 2.92. The van der Waals surface area contributed by atoms with Crippen LogP contribution >= 0.6 is 0 Å². The van der Waals surface area contributed by atoms with Gasteiger partial charge in [0.05, 0.1) is 10.6 Å². The molecule has 0 aromatic heterocycles. The van der Waals surface area contributed by atoms with Gasteiger partial charge in [-0.3, -0.25) is 13.9 Å². The molecule has 1 N–H and O–H groups in total. The number of aryl methyl sites for hydroxylation is 2. The molecule has 7 nitrogen and oxygen atoms in total. The topological polar surface area (TPSA) is 86.8 Å². The third kappa shape index (κ3) is 7.22. The summed E-state index contributed by atoms with van der Waals surface area (Å²) in [5, 5.41) is 2.90. The van der Waals surface area contributed by atoms with Crippen LogP contribution in [0.15, 0.2) is 83.8 Å². The zero-order chi connectivity index (χ0) is 27.7. The Morgan fingerprint density at radius 3 is 1.97 bits per heavy atom. The lowest BCUT2D eigenvalue weighted by Crippen LogP contribution is -2.52. The van der Waals surface area contributed by atoms with E-state index >= 15 is 0 Å². The van der Waals surface area contributed by atoms with Gasteiger partial charge in [-0.1, -0.05) is 79.6 Å². The van der Waals surface area contributed by atoms with Crippen molar-refractivity contribution in [3.05, 3.63) is 95.6 Å². The van der Waals surface area contributed by atoms with Gasteiger partial charge in [-0.15, -0.1) is 0 Å². The number of hydrogen-bond acceptors (Lipinski definition) is 4. The first-order valence-electron chi connectivity index (χ1n) is 12.9. The molecule has 0 heterocycles. The molecular formula is C30H37N3O4S. The Bertz CT molecular complexity index is 1310. The number of hydrogen-bond donors (Lipinski definition) is 1. The van der Waals surface area contributed by atoms with E-state index in [9.17, 15) is 18.0 Å². The summed E-state index contributed by atoms with van der Waals surface area (Å²) >= 11 is 0. The zero-order valence-corrected chi connectivity index (χ0v) is 23.4. The van der Waals surface area contributed by atoms with Crippen LogP contribution < -0.4 is 9.62 Å². The molecule has 0 aliphatic rings. The summed E-state index contributed by atoms with van der Waals surface area (Å²) in [6, 6.07) is 22.1. The average molecular weight is 536 g/mol. The van der Waals surface area contributed by atoms with Crippen molar-refractivity contribution in [2.24, 2.45) is 0 Å². The van der Waals surface area contributed by atoms with Crippen molar-refractivity contribution in [2.45, 2.75) is 58.0 Å². The molecule has 202 valence electrons. The highest BCUT2D eigenvalue weighted by atomic mass is 32.2. The fraction of sp³-hybridized carbons (Fsp3) is 0.333. The third-order valence-electron chi connectivity index (χ3n) is 6.34. The molecular weight excluding hydrogens is 498 g/mol. The molecule has 3 aromatic carbocycles. The van der Waals surface area contributed by atoms with E-state index in [0.29, 0.717) is 18.7 Å². The summed E-state index contributed by atoms with van der Waals surface area (Å²) < 4.78 is 28.7. The van der Waals surface area contributed by atoms with Crippen molar-refractivity contribution < 1.29 is 18.0 Å². The minimum atomic E-state index is -4.06. The van der Waals surface area contributed by atoms with Crippen LogP contribution in [0.2, 0.25) is 0 Å². The second-order valence-corrected chi connectivity index (χ2v) is 11.2. The van der Waals surface area contributed by atoms with E-state index in [-0.39, 0.29) is 17.3 Å². The van der Waals surface area contributed by atoms with Crippen LogP contribution in [0.25, 0.3) is 0 Å². The quantitative estimate of drug-likeness (QED) is 0.360. The summed E-state index contributed by atoms with van der Waals surface area (Å²) in [6.45, 7) is 7.92. The minimum Gasteiger partial charge on any atom is -0.354 e. The van der Waals surface area contributed by atoms with Gasteiger partial charge in [-0.25, -0.2) is 8.42 Å². The van der Waals surface area contributed by atoms with E-state index in [0.717, 1.165) is 27.4 Å². The molecule has 0 saturated heterocycles. The van der Waals surface area contributed by atoms with Crippen LogP contribution in [0.1, 0.15) is 43.4 Å². The highest BCUT2D eigenvalue weighted by Gasteiger charge is 2.33. The van der Waals surface area contributed by atoms with Gasteiger partial charge >= 0.3 is 0 Å². The Morgan fingerprint density at radius 1 is 0.842 bits per heavy atom. The second kappa shape index (κ2) is 13.2. The van der Waals surface area contributed by atoms with Gasteiger partial charge < -0.3 is 10.2 Å². The van der Waals surface area contributed by atoms with Crippen LogP contribution in [0.3, 0.4) is 0 Å². The molecule has 3 rings (SSSR count). The maximum Gasteiger partial charge on any atom is 0.264 e. The standard InChI is InChI=1S/C30H37N3O4S/c1-5-20-31-30(35)28(6-2)32(21-25-16-12-23(3)13-17-25)29(34)22-33(26-10-8-7-9-11-26)38(36,37)27-18-14-24(4)15-19-27/h7-19,28H,5-6,20-22H2,1-4H3,(H,31,35). The van der Waals surface area contributed by atoms with Crippen LogP contribution in [-0.2, 0) is 26.2 Å². The molecule has 8 heteroatoms. The van der Waals surface area contributed by atoms with Crippen molar-refractivity contribution in [3.8, 4) is 0 Å². The van der Waals surface area contributed by atoms with Crippen molar-refractivity contribution in [1.82, 2.24) is 10.2 Å². The van der Waals surface area contributed by atoms with Crippen LogP contribution in [0, 0.1) is 13.8 Å². The molecule has 3 aromatic rings. The number of sulfonamides is 1. The fourth-order valence-corrected chi connectivity index (χ4v) is 5.55. The number of carbonyl (C=O) groups excluding carboxylic acids is 2. The van der Waals surface area contributed by atoms with Gasteiger partial charge in [0.1, 0.15) is 12.6 Å². The van der Waals surface area contributed by atoms with Gasteiger partial charge in [0, 0.05) is 13.1 Å². The lowest BCUT2D eigenvalue weighted by molar-refractivity contribution is -0.140. The number of carbonyl (C=O) groups is 2. The summed E-state index contributed by atoms with van der Waals surface area (Å²) in [4.78, 5) is 28.6. The highest BCUT2D eigenvalue weighted by Crippen LogP contribution is 2.25. The molecule has 1 atom stereocenters. The number of rotatable bonds is 12. The summed E-state index contributed by atoms with van der Waals surface area (Å²) in [5.74, 6) is -0.703. The Kier molecular flexibility index (Phi) is 10.1. The van der Waals surface area contributed by atoms with E-state index in [4.69, 9.17) is 0 Å². The molecule has 1 unspecified atom stereocenters. The molecule has 0 fully saturated rings. The number of nitrogens with zero attached hydrogens (tertiary/aromatic N) is 2. The lowest BCUT2D eigenvalue weighted by Gasteiger charge is -2.33. The first kappa shape index (κ1) is 28.9. The molecule has 38 heavy (non-hydrogen) atoms. The molecule has 0 saturated carbocycles. The second-order valence-electron chi connectivity index (χ2n) is 9.38. The maximum absolute atomic E-state index is 13.9. The fourth-order valence-electron chi connectivity index (χ4n) is 4.14. The zero-order valence-electron chi connectivity index (χ0n) is 22.6. The van der Waals surface area contributed by atoms with Gasteiger partial charge in [0.15, 0.2) is 0 Å². The largest absolute Gasteiger partial charge is 0.354 e. The van der Waals surface area contributed by atoms with E-state index in [1.165, 1.54) is 4.90 Å². The van der Waals surface area contributed by atoms with Crippen molar-refractivity contribution in [1.29, 1.82) is 0 Å². The predicted octanol–water partition coefficient (Wildman–Crippen LogP) is 4.83. The SMILES string of the molecule is CCCNC(=O)C(CC)N(Cc1ccc(C)cc1)C(=O)CN(c1ccccc1)S(=O)(=O)c1ccc(C)cc1. The first-order chi connectivity index (χ1) is 18.2. The van der Waals surface area contributed by atoms with E-state index < -0.39 is 28.5 Å². The molecule has 0 aliphatic carbocycles. The third-order valence-corrected chi connectivity index (χ3v) is 8.13. The normalized spacial score (nSPS) is 12.0. The number of anilines is 1. The van der Waals surface area contributed by atoms with Gasteiger partial charge in [-0.05, 0) is 56.5 Å². The summed E-state index contributed by atoms with van der Waals surface area (Å²) in [6.07, 6.45) is 1.16. The van der Waals surface area contributed by atoms with Crippen molar-refractivity contribution in [3.63, 3.8) is 0 Å². The Balaban J connectivity index is 2.01. The van der Waals surface area contributed by atoms with Crippen LogP contribution in [0.5, 0.6) is 0 Å². The predicted molar refractivity (Wildman–Crippen MR) is 151 cm³/mol. The van der Waals surface area contributed by atoms with Crippen LogP contribution in [-0.4, -0.2) is 44.3 Å². The van der Waals surface area contributed by atoms with Crippen LogP contribution in [0.4, 0.5) is 5.69 Å². The van der Waals surface area contributed by atoms with Crippen molar-refractivity contribution in [2.75, 3.05) is 17.4 Å². The van der Waals surface area contributed by atoms with E-state index in [1.54, 1.807) is 54.6 Å². The highest BCUT2D eigenvalue weighted by molar-refractivity contribution is 7.92.